The summed E-state index contributed by atoms with van der Waals surface area (Å²) in [6.07, 6.45) is 1.42. The molecule has 0 aromatic heterocycles. The Morgan fingerprint density at radius 1 is 1.56 bits per heavy atom. The Kier molecular flexibility index (Phi) is 4.29. The molecule has 0 aliphatic heterocycles. The maximum atomic E-state index is 10.4. The summed E-state index contributed by atoms with van der Waals surface area (Å²) >= 11 is 4.24. The van der Waals surface area contributed by atoms with E-state index >= 15 is 0 Å². The van der Waals surface area contributed by atoms with Gasteiger partial charge in [-0.05, 0) is 19.4 Å². The average molecular weight is 169 g/mol. The summed E-state index contributed by atoms with van der Waals surface area (Å²) in [5.74, 6) is 0.194. The van der Waals surface area contributed by atoms with Gasteiger partial charge in [0.15, 0.2) is 0 Å². The summed E-state index contributed by atoms with van der Waals surface area (Å²) in [6.45, 7) is 0.560. The first kappa shape index (κ1) is 9.29. The lowest BCUT2D eigenvalue weighted by atomic mass is 10.3. The van der Waals surface area contributed by atoms with Crippen LogP contribution in [-0.2, 0) is 20.0 Å². The van der Waals surface area contributed by atoms with E-state index in [1.54, 1.807) is 0 Å². The van der Waals surface area contributed by atoms with Crippen molar-refractivity contribution < 1.29 is 8.76 Å². The molecule has 0 aliphatic carbocycles. The van der Waals surface area contributed by atoms with Crippen molar-refractivity contribution in [3.63, 3.8) is 0 Å². The van der Waals surface area contributed by atoms with Crippen LogP contribution in [0.1, 0.15) is 12.8 Å². The van der Waals surface area contributed by atoms with Gasteiger partial charge in [0.1, 0.15) is 8.77 Å². The van der Waals surface area contributed by atoms with Crippen molar-refractivity contribution >= 4 is 20.0 Å². The first-order valence-corrected chi connectivity index (χ1v) is 5.32. The van der Waals surface area contributed by atoms with Crippen molar-refractivity contribution in [3.8, 4) is 0 Å². The molecule has 5 heteroatoms. The molecule has 0 heterocycles. The van der Waals surface area contributed by atoms with Crippen LogP contribution in [0.5, 0.6) is 0 Å². The molecule has 0 fully saturated rings. The number of nitrogens with two attached hydrogens (primary N) is 1. The average Bonchev–Trinajstić information content (AvgIpc) is 1.63. The minimum atomic E-state index is -2.92. The summed E-state index contributed by atoms with van der Waals surface area (Å²) in [6, 6.07) is 0. The van der Waals surface area contributed by atoms with E-state index in [1.807, 2.05) is 0 Å². The molecule has 0 aliphatic rings. The van der Waals surface area contributed by atoms with E-state index in [0.717, 1.165) is 6.42 Å². The van der Waals surface area contributed by atoms with Crippen molar-refractivity contribution in [3.05, 3.63) is 0 Å². The maximum Gasteiger partial charge on any atom is 0.141 e. The van der Waals surface area contributed by atoms with Crippen LogP contribution in [0.3, 0.4) is 0 Å². The Balaban J connectivity index is 3.30. The van der Waals surface area contributed by atoms with Gasteiger partial charge in [-0.3, -0.25) is 0 Å². The Bertz CT molecular complexity index is 152. The molecule has 1 atom stereocenters. The van der Waals surface area contributed by atoms with Gasteiger partial charge >= 0.3 is 0 Å². The van der Waals surface area contributed by atoms with Gasteiger partial charge in [-0.2, -0.15) is 0 Å². The van der Waals surface area contributed by atoms with Gasteiger partial charge in [0, 0.05) is 16.9 Å². The van der Waals surface area contributed by atoms with E-state index in [2.05, 4.69) is 11.2 Å². The van der Waals surface area contributed by atoms with Gasteiger partial charge in [-0.25, -0.2) is 4.21 Å². The van der Waals surface area contributed by atoms with Gasteiger partial charge in [-0.15, -0.1) is 0 Å². The molecule has 3 N–H and O–H groups in total. The molecular weight excluding hydrogens is 158 g/mol. The van der Waals surface area contributed by atoms with Crippen molar-refractivity contribution in [2.24, 2.45) is 5.73 Å². The number of hydrogen-bond donors (Lipinski definition) is 2. The van der Waals surface area contributed by atoms with E-state index in [4.69, 9.17) is 10.3 Å². The van der Waals surface area contributed by atoms with Gasteiger partial charge in [-0.1, -0.05) is 0 Å². The molecule has 56 valence electrons. The van der Waals surface area contributed by atoms with Crippen LogP contribution >= 0.6 is 0 Å². The highest BCUT2D eigenvalue weighted by Gasteiger charge is 1.97. The fourth-order valence-corrected chi connectivity index (χ4v) is 1.35. The standard InChI is InChI=1S/C4H11NO2S2/c5-3-1-2-4-9(6,7)8/h1-5H2,(H,6,7,8). The Hall–Kier alpha value is 0.290. The summed E-state index contributed by atoms with van der Waals surface area (Å²) in [4.78, 5) is 0. The van der Waals surface area contributed by atoms with Gasteiger partial charge in [0.25, 0.3) is 0 Å². The molecule has 0 radical (unpaired) electrons. The van der Waals surface area contributed by atoms with Crippen molar-refractivity contribution in [1.82, 2.24) is 0 Å². The van der Waals surface area contributed by atoms with Crippen molar-refractivity contribution in [2.75, 3.05) is 12.3 Å². The minimum absolute atomic E-state index is 0.194. The Morgan fingerprint density at radius 3 is 2.44 bits per heavy atom. The highest BCUT2D eigenvalue weighted by molar-refractivity contribution is 8.29. The number of unbranched alkanes of at least 4 members (excludes halogenated alkanes) is 1. The predicted molar refractivity (Wildman–Crippen MR) is 41.3 cm³/mol. The molecule has 0 saturated carbocycles. The van der Waals surface area contributed by atoms with Crippen LogP contribution in [-0.4, -0.2) is 21.1 Å². The molecule has 0 rings (SSSR count). The second-order valence-corrected chi connectivity index (χ2v) is 4.92. The fourth-order valence-electron chi connectivity index (χ4n) is 0.429. The zero-order valence-electron chi connectivity index (χ0n) is 5.08. The number of hydrogen-bond acceptors (Lipinski definition) is 3. The summed E-state index contributed by atoms with van der Waals surface area (Å²) < 4.78 is 18.9. The van der Waals surface area contributed by atoms with Crippen LogP contribution in [0.2, 0.25) is 0 Å². The largest absolute Gasteiger partial charge is 0.330 e. The van der Waals surface area contributed by atoms with E-state index in [-0.39, 0.29) is 5.75 Å². The quantitative estimate of drug-likeness (QED) is 0.579. The molecule has 0 bridgehead atoms. The Labute approximate surface area is 60.1 Å². The first-order chi connectivity index (χ1) is 4.06. The summed E-state index contributed by atoms with van der Waals surface area (Å²) in [5, 5.41) is 0. The second-order valence-electron chi connectivity index (χ2n) is 1.78. The molecular formula is C4H11NO2S2. The topological polar surface area (TPSA) is 63.3 Å². The van der Waals surface area contributed by atoms with E-state index in [9.17, 15) is 4.21 Å². The van der Waals surface area contributed by atoms with Crippen LogP contribution in [0, 0.1) is 0 Å². The molecule has 0 amide bonds. The molecule has 3 nitrogen and oxygen atoms in total. The molecule has 0 spiro atoms. The number of rotatable bonds is 4. The molecule has 9 heavy (non-hydrogen) atoms. The van der Waals surface area contributed by atoms with Crippen LogP contribution in [0.4, 0.5) is 0 Å². The van der Waals surface area contributed by atoms with E-state index < -0.39 is 8.77 Å². The Morgan fingerprint density at radius 2 is 2.11 bits per heavy atom. The summed E-state index contributed by atoms with van der Waals surface area (Å²) in [7, 11) is -2.92. The lowest BCUT2D eigenvalue weighted by molar-refractivity contribution is 0.558. The van der Waals surface area contributed by atoms with E-state index in [1.165, 1.54) is 0 Å². The van der Waals surface area contributed by atoms with Crippen molar-refractivity contribution in [2.45, 2.75) is 12.8 Å². The molecule has 0 saturated heterocycles. The molecule has 0 aromatic carbocycles. The third-order valence-corrected chi connectivity index (χ3v) is 2.16. The van der Waals surface area contributed by atoms with Gasteiger partial charge < -0.3 is 10.3 Å². The van der Waals surface area contributed by atoms with Crippen LogP contribution < -0.4 is 5.73 Å². The second kappa shape index (κ2) is 4.16. The zero-order valence-corrected chi connectivity index (χ0v) is 6.71. The zero-order chi connectivity index (χ0) is 7.33. The van der Waals surface area contributed by atoms with Gasteiger partial charge in [0.05, 0.1) is 0 Å². The van der Waals surface area contributed by atoms with Crippen molar-refractivity contribution in [1.29, 1.82) is 0 Å². The highest BCUT2D eigenvalue weighted by Crippen LogP contribution is 1.91. The third-order valence-electron chi connectivity index (χ3n) is 0.856. The maximum absolute atomic E-state index is 10.4. The monoisotopic (exact) mass is 169 g/mol. The predicted octanol–water partition coefficient (Wildman–Crippen LogP) is -0.0554. The fraction of sp³-hybridized carbons (Fsp3) is 1.00. The first-order valence-electron chi connectivity index (χ1n) is 2.71. The minimum Gasteiger partial charge on any atom is -0.330 e. The van der Waals surface area contributed by atoms with E-state index in [0.29, 0.717) is 13.0 Å². The molecule has 1 unspecified atom stereocenters. The smallest absolute Gasteiger partial charge is 0.141 e. The third kappa shape index (κ3) is 8.29. The van der Waals surface area contributed by atoms with Crippen LogP contribution in [0.15, 0.2) is 0 Å². The normalized spacial score (nSPS) is 17.1. The SMILES string of the molecule is NCCCCS(=O)(O)=S. The lowest BCUT2D eigenvalue weighted by Crippen LogP contribution is -2.05. The lowest BCUT2D eigenvalue weighted by Gasteiger charge is -1.95. The van der Waals surface area contributed by atoms with Crippen LogP contribution in [0.25, 0.3) is 0 Å². The van der Waals surface area contributed by atoms with Gasteiger partial charge in [0.2, 0.25) is 0 Å². The summed E-state index contributed by atoms with van der Waals surface area (Å²) in [5.41, 5.74) is 5.15. The molecule has 0 aromatic rings. The highest BCUT2D eigenvalue weighted by atomic mass is 32.8.